The van der Waals surface area contributed by atoms with E-state index in [1.54, 1.807) is 0 Å². The van der Waals surface area contributed by atoms with E-state index in [0.717, 1.165) is 5.56 Å². The van der Waals surface area contributed by atoms with E-state index in [-0.39, 0.29) is 24.8 Å². The van der Waals surface area contributed by atoms with E-state index in [1.807, 2.05) is 30.3 Å². The molecule has 1 fully saturated rings. The zero-order valence-electron chi connectivity index (χ0n) is 9.80. The minimum Gasteiger partial charge on any atom is -0.469 e. The van der Waals surface area contributed by atoms with Crippen molar-refractivity contribution in [3.8, 4) is 0 Å². The summed E-state index contributed by atoms with van der Waals surface area (Å²) in [6.45, 7) is 0.451. The number of carbonyl (C=O) groups excluding carboxylic acids is 1. The van der Waals surface area contributed by atoms with Crippen LogP contribution in [0.5, 0.6) is 0 Å². The van der Waals surface area contributed by atoms with Gasteiger partial charge in [0.05, 0.1) is 26.2 Å². The molecule has 92 valence electrons. The summed E-state index contributed by atoms with van der Waals surface area (Å²) in [5.41, 5.74) is 1.16. The zero-order chi connectivity index (χ0) is 12.1. The summed E-state index contributed by atoms with van der Waals surface area (Å²) in [7, 11) is 1.37. The molecule has 4 heteroatoms. The number of ether oxygens (including phenoxy) is 3. The normalized spacial score (nSPS) is 23.6. The number of rotatable bonds is 4. The fourth-order valence-corrected chi connectivity index (χ4v) is 1.80. The van der Waals surface area contributed by atoms with Gasteiger partial charge < -0.3 is 14.2 Å². The van der Waals surface area contributed by atoms with Crippen molar-refractivity contribution in [1.29, 1.82) is 0 Å². The van der Waals surface area contributed by atoms with E-state index >= 15 is 0 Å². The predicted molar refractivity (Wildman–Crippen MR) is 61.4 cm³/mol. The molecule has 1 saturated heterocycles. The molecule has 0 spiro atoms. The van der Waals surface area contributed by atoms with Crippen LogP contribution in [-0.4, -0.2) is 32.1 Å². The maximum absolute atomic E-state index is 11.1. The van der Waals surface area contributed by atoms with E-state index in [9.17, 15) is 4.79 Å². The van der Waals surface area contributed by atoms with Crippen molar-refractivity contribution in [1.82, 2.24) is 0 Å². The number of methoxy groups -OCH3 is 1. The first kappa shape index (κ1) is 12.1. The Morgan fingerprint density at radius 2 is 2.18 bits per heavy atom. The largest absolute Gasteiger partial charge is 0.469 e. The fraction of sp³-hybridized carbons (Fsp3) is 0.462. The van der Waals surface area contributed by atoms with Crippen LogP contribution in [0.2, 0.25) is 0 Å². The molecule has 2 rings (SSSR count). The smallest absolute Gasteiger partial charge is 0.308 e. The highest BCUT2D eigenvalue weighted by Gasteiger charge is 2.28. The summed E-state index contributed by atoms with van der Waals surface area (Å²) in [4.78, 5) is 11.1. The van der Waals surface area contributed by atoms with Crippen molar-refractivity contribution in [2.45, 2.75) is 25.2 Å². The third-order valence-corrected chi connectivity index (χ3v) is 2.68. The van der Waals surface area contributed by atoms with Gasteiger partial charge >= 0.3 is 5.97 Å². The molecule has 0 N–H and O–H groups in total. The number of carbonyl (C=O) groups is 1. The van der Waals surface area contributed by atoms with Crippen LogP contribution in [0.25, 0.3) is 0 Å². The molecular formula is C13H16O4. The minimum absolute atomic E-state index is 0.184. The Morgan fingerprint density at radius 3 is 2.88 bits per heavy atom. The third kappa shape index (κ3) is 3.54. The summed E-state index contributed by atoms with van der Waals surface area (Å²) >= 11 is 0. The molecule has 4 nitrogen and oxygen atoms in total. The average molecular weight is 236 g/mol. The van der Waals surface area contributed by atoms with Gasteiger partial charge in [-0.25, -0.2) is 0 Å². The van der Waals surface area contributed by atoms with Gasteiger partial charge in [0.15, 0.2) is 6.29 Å². The minimum atomic E-state index is -0.265. The highest BCUT2D eigenvalue weighted by atomic mass is 16.7. The van der Waals surface area contributed by atoms with Gasteiger partial charge in [0.1, 0.15) is 0 Å². The topological polar surface area (TPSA) is 44.8 Å². The summed E-state index contributed by atoms with van der Waals surface area (Å²) < 4.78 is 15.7. The van der Waals surface area contributed by atoms with Crippen molar-refractivity contribution >= 4 is 5.97 Å². The summed E-state index contributed by atoms with van der Waals surface area (Å²) in [6.07, 6.45) is 0.517. The average Bonchev–Trinajstić information content (AvgIpc) is 2.77. The quantitative estimate of drug-likeness (QED) is 0.744. The van der Waals surface area contributed by atoms with Crippen LogP contribution < -0.4 is 0 Å². The molecule has 1 heterocycles. The Balaban J connectivity index is 1.80. The first-order valence-electron chi connectivity index (χ1n) is 5.65. The monoisotopic (exact) mass is 236 g/mol. The molecule has 1 aromatic carbocycles. The highest BCUT2D eigenvalue weighted by molar-refractivity contribution is 5.69. The first-order valence-corrected chi connectivity index (χ1v) is 5.65. The van der Waals surface area contributed by atoms with Gasteiger partial charge in [-0.2, -0.15) is 0 Å². The molecule has 2 unspecified atom stereocenters. The zero-order valence-corrected chi connectivity index (χ0v) is 9.80. The Kier molecular flexibility index (Phi) is 4.12. The van der Waals surface area contributed by atoms with Gasteiger partial charge in [-0.1, -0.05) is 30.3 Å². The van der Waals surface area contributed by atoms with Crippen molar-refractivity contribution < 1.29 is 19.0 Å². The van der Waals surface area contributed by atoms with Gasteiger partial charge in [-0.3, -0.25) is 4.79 Å². The molecule has 0 saturated carbocycles. The summed E-state index contributed by atoms with van der Waals surface area (Å²) in [5, 5.41) is 0. The lowest BCUT2D eigenvalue weighted by Crippen LogP contribution is -2.18. The molecule has 0 aliphatic carbocycles. The van der Waals surface area contributed by atoms with E-state index < -0.39 is 0 Å². The maximum Gasteiger partial charge on any atom is 0.308 e. The van der Waals surface area contributed by atoms with Crippen LogP contribution >= 0.6 is 0 Å². The summed E-state index contributed by atoms with van der Waals surface area (Å²) in [6, 6.07) is 9.99. The van der Waals surface area contributed by atoms with Crippen LogP contribution in [0.4, 0.5) is 0 Å². The van der Waals surface area contributed by atoms with Crippen molar-refractivity contribution in [2.75, 3.05) is 13.7 Å². The van der Waals surface area contributed by atoms with Crippen LogP contribution in [0, 0.1) is 0 Å². The molecule has 0 amide bonds. The number of hydrogen-bond donors (Lipinski definition) is 0. The van der Waals surface area contributed by atoms with E-state index in [1.165, 1.54) is 7.11 Å². The Bertz CT molecular complexity index is 363. The molecule has 0 bridgehead atoms. The second-order valence-electron chi connectivity index (χ2n) is 3.99. The lowest BCUT2D eigenvalue weighted by atomic mass is 10.1. The van der Waals surface area contributed by atoms with Crippen LogP contribution in [0.15, 0.2) is 30.3 Å². The highest BCUT2D eigenvalue weighted by Crippen LogP contribution is 2.18. The second-order valence-corrected chi connectivity index (χ2v) is 3.99. The predicted octanol–water partition coefficient (Wildman–Crippen LogP) is 1.53. The number of hydrogen-bond acceptors (Lipinski definition) is 4. The van der Waals surface area contributed by atoms with Crippen LogP contribution in [0.3, 0.4) is 0 Å². The van der Waals surface area contributed by atoms with Crippen LogP contribution in [-0.2, 0) is 25.4 Å². The van der Waals surface area contributed by atoms with Crippen molar-refractivity contribution in [3.63, 3.8) is 0 Å². The Morgan fingerprint density at radius 1 is 1.41 bits per heavy atom. The Hall–Kier alpha value is -1.39. The molecule has 0 aromatic heterocycles. The van der Waals surface area contributed by atoms with Crippen molar-refractivity contribution in [3.05, 3.63) is 35.9 Å². The molecule has 0 radical (unpaired) electrons. The first-order chi connectivity index (χ1) is 8.28. The lowest BCUT2D eigenvalue weighted by molar-refractivity contribution is -0.143. The molecular weight excluding hydrogens is 220 g/mol. The van der Waals surface area contributed by atoms with E-state index in [4.69, 9.17) is 9.47 Å². The third-order valence-electron chi connectivity index (χ3n) is 2.68. The van der Waals surface area contributed by atoms with E-state index in [2.05, 4.69) is 4.74 Å². The van der Waals surface area contributed by atoms with Gasteiger partial charge in [-0.15, -0.1) is 0 Å². The standard InChI is InChI=1S/C13H16O4/c1-15-12(14)8-11-9-16-13(17-11)7-10-5-3-2-4-6-10/h2-6,11,13H,7-9H2,1H3. The lowest BCUT2D eigenvalue weighted by Gasteiger charge is -2.10. The number of esters is 1. The molecule has 1 aliphatic rings. The molecule has 17 heavy (non-hydrogen) atoms. The summed E-state index contributed by atoms with van der Waals surface area (Å²) in [5.74, 6) is -0.265. The fourth-order valence-electron chi connectivity index (χ4n) is 1.80. The van der Waals surface area contributed by atoms with Crippen molar-refractivity contribution in [2.24, 2.45) is 0 Å². The molecule has 1 aliphatic heterocycles. The SMILES string of the molecule is COC(=O)CC1COC(Cc2ccccc2)O1. The molecule has 1 aromatic rings. The van der Waals surface area contributed by atoms with Crippen LogP contribution in [0.1, 0.15) is 12.0 Å². The van der Waals surface area contributed by atoms with Gasteiger partial charge in [0.25, 0.3) is 0 Å². The number of benzene rings is 1. The van der Waals surface area contributed by atoms with Gasteiger partial charge in [0.2, 0.25) is 0 Å². The second kappa shape index (κ2) is 5.80. The molecule has 2 atom stereocenters. The van der Waals surface area contributed by atoms with E-state index in [0.29, 0.717) is 13.0 Å². The Labute approximate surface area is 100 Å². The van der Waals surface area contributed by atoms with Gasteiger partial charge in [-0.05, 0) is 5.56 Å². The van der Waals surface area contributed by atoms with Gasteiger partial charge in [0, 0.05) is 6.42 Å². The maximum atomic E-state index is 11.1.